The number of fused-ring (bicyclic) bond motifs is 1. The number of hydrogen-bond acceptors (Lipinski definition) is 11. The van der Waals surface area contributed by atoms with E-state index < -0.39 is 35.5 Å². The van der Waals surface area contributed by atoms with Gasteiger partial charge in [0.15, 0.2) is 23.1 Å². The third-order valence-electron chi connectivity index (χ3n) is 7.74. The van der Waals surface area contributed by atoms with Gasteiger partial charge >= 0.3 is 18.0 Å². The molecule has 0 atom stereocenters. The van der Waals surface area contributed by atoms with Crippen molar-refractivity contribution < 1.29 is 32.0 Å². The van der Waals surface area contributed by atoms with Crippen LogP contribution in [0.25, 0.3) is 33.8 Å². The number of aromatic nitrogens is 7. The Hall–Kier alpha value is -5.55. The molecule has 0 bridgehead atoms. The molecule has 1 aliphatic heterocycles. The van der Waals surface area contributed by atoms with Gasteiger partial charge in [-0.1, -0.05) is 44.1 Å². The summed E-state index contributed by atoms with van der Waals surface area (Å²) in [6.07, 6.45) is 2.70. The largest absolute Gasteiger partial charge is 0.416 e. The zero-order chi connectivity index (χ0) is 35.5. The van der Waals surface area contributed by atoms with E-state index in [0.29, 0.717) is 31.1 Å². The lowest BCUT2D eigenvalue weighted by atomic mass is 9.96. The number of carbonyl (C=O) groups is 2. The van der Waals surface area contributed by atoms with Crippen LogP contribution in [0.2, 0.25) is 0 Å². The molecule has 0 radical (unpaired) electrons. The topological polar surface area (TPSA) is 177 Å². The average molecular weight is 691 g/mol. The Labute approximate surface area is 283 Å². The zero-order valence-electron chi connectivity index (χ0n) is 27.3. The highest BCUT2D eigenvalue weighted by Crippen LogP contribution is 2.37. The first-order valence-electron chi connectivity index (χ1n) is 15.6. The van der Waals surface area contributed by atoms with E-state index in [-0.39, 0.29) is 45.5 Å². The Morgan fingerprint density at radius 1 is 1.02 bits per heavy atom. The van der Waals surface area contributed by atoms with Crippen LogP contribution in [0.1, 0.15) is 48.4 Å². The highest BCUT2D eigenvalue weighted by Gasteiger charge is 2.34. The van der Waals surface area contributed by atoms with Crippen LogP contribution in [0, 0.1) is 0 Å². The van der Waals surface area contributed by atoms with E-state index in [1.807, 2.05) is 20.8 Å². The van der Waals surface area contributed by atoms with E-state index in [1.165, 1.54) is 36.8 Å². The number of H-pyrrole nitrogens is 1. The van der Waals surface area contributed by atoms with Crippen LogP contribution in [-0.4, -0.2) is 84.6 Å². The number of carbonyl (C=O) groups excluding carboxylic acids is 2. The molecule has 3 N–H and O–H groups in total. The third-order valence-corrected chi connectivity index (χ3v) is 7.74. The summed E-state index contributed by atoms with van der Waals surface area (Å²) in [6.45, 7) is 8.50. The second-order valence-electron chi connectivity index (χ2n) is 12.4. The van der Waals surface area contributed by atoms with Crippen LogP contribution in [0.5, 0.6) is 0 Å². The van der Waals surface area contributed by atoms with Gasteiger partial charge in [0.2, 0.25) is 5.91 Å². The van der Waals surface area contributed by atoms with E-state index in [9.17, 15) is 22.8 Å². The summed E-state index contributed by atoms with van der Waals surface area (Å²) in [6, 6.07) is 5.33. The van der Waals surface area contributed by atoms with Gasteiger partial charge in [0.25, 0.3) is 0 Å². The lowest BCUT2D eigenvalue weighted by Crippen LogP contribution is -2.36. The molecular weight excluding hydrogens is 657 g/mol. The number of amides is 2. The number of nitrogens with one attached hydrogen (secondary N) is 3. The fourth-order valence-corrected chi connectivity index (χ4v) is 5.14. The second kappa shape index (κ2) is 14.1. The zero-order valence-corrected chi connectivity index (χ0v) is 27.3. The maximum atomic E-state index is 14.3. The van der Waals surface area contributed by atoms with E-state index >= 15 is 0 Å². The lowest BCUT2D eigenvalue weighted by Gasteiger charge is -2.24. The van der Waals surface area contributed by atoms with Crippen molar-refractivity contribution in [2.75, 3.05) is 38.2 Å². The summed E-state index contributed by atoms with van der Waals surface area (Å²) in [4.78, 5) is 52.1. The molecule has 5 heterocycles. The molecular formula is C33H33F3N10O4. The molecule has 14 nitrogen and oxygen atoms in total. The van der Waals surface area contributed by atoms with E-state index in [4.69, 9.17) is 9.26 Å². The van der Waals surface area contributed by atoms with Crippen LogP contribution in [0.4, 0.5) is 19.0 Å². The quantitative estimate of drug-likeness (QED) is 0.185. The number of hydrogen-bond donors (Lipinski definition) is 3. The first-order chi connectivity index (χ1) is 23.9. The summed E-state index contributed by atoms with van der Waals surface area (Å²) in [7, 11) is 0. The van der Waals surface area contributed by atoms with Gasteiger partial charge in [0.1, 0.15) is 11.2 Å². The first kappa shape index (κ1) is 34.3. The highest BCUT2D eigenvalue weighted by molar-refractivity contribution is 6.01. The van der Waals surface area contributed by atoms with E-state index in [1.54, 1.807) is 12.1 Å². The summed E-state index contributed by atoms with van der Waals surface area (Å²) in [5, 5.41) is 8.93. The van der Waals surface area contributed by atoms with Gasteiger partial charge in [0.05, 0.1) is 18.8 Å². The van der Waals surface area contributed by atoms with E-state index in [2.05, 4.69) is 50.6 Å². The molecule has 4 aromatic heterocycles. The van der Waals surface area contributed by atoms with Gasteiger partial charge in [-0.05, 0) is 23.3 Å². The van der Waals surface area contributed by atoms with E-state index in [0.717, 1.165) is 19.2 Å². The SMILES string of the molecule is CC(C)(C)c1noc(C(=O)NCc2ccc(-c3ccnc4[nH]c(-c5nccnc5NC(=O)/C=C/CN5CCOCC5)nc34)cc2C(F)(F)F)n1. The fourth-order valence-electron chi connectivity index (χ4n) is 5.14. The molecule has 260 valence electrons. The number of alkyl halides is 3. The van der Waals surface area contributed by atoms with Crippen molar-refractivity contribution in [3.63, 3.8) is 0 Å². The molecule has 1 aromatic carbocycles. The number of imidazole rings is 1. The number of ether oxygens (including phenoxy) is 1. The number of rotatable bonds is 9. The Morgan fingerprint density at radius 3 is 2.54 bits per heavy atom. The molecule has 0 spiro atoms. The minimum absolute atomic E-state index is 0.134. The monoisotopic (exact) mass is 690 g/mol. The molecule has 17 heteroatoms. The van der Waals surface area contributed by atoms with Crippen LogP contribution < -0.4 is 10.6 Å². The molecule has 0 aliphatic carbocycles. The minimum Gasteiger partial charge on any atom is -0.379 e. The molecule has 1 aliphatic rings. The van der Waals surface area contributed by atoms with Crippen molar-refractivity contribution in [1.29, 1.82) is 0 Å². The number of pyridine rings is 1. The van der Waals surface area contributed by atoms with Crippen molar-refractivity contribution in [2.24, 2.45) is 0 Å². The van der Waals surface area contributed by atoms with Crippen LogP contribution in [-0.2, 0) is 27.7 Å². The Bertz CT molecular complexity index is 2050. The van der Waals surface area contributed by atoms with Gasteiger partial charge < -0.3 is 24.9 Å². The average Bonchev–Trinajstić information content (AvgIpc) is 3.76. The highest BCUT2D eigenvalue weighted by atomic mass is 19.4. The fraction of sp³-hybridized carbons (Fsp3) is 0.333. The predicted molar refractivity (Wildman–Crippen MR) is 175 cm³/mol. The molecule has 50 heavy (non-hydrogen) atoms. The summed E-state index contributed by atoms with van der Waals surface area (Å²) >= 11 is 0. The summed E-state index contributed by atoms with van der Waals surface area (Å²) in [5.41, 5.74) is -0.260. The number of anilines is 1. The number of aromatic amines is 1. The predicted octanol–water partition coefficient (Wildman–Crippen LogP) is 4.54. The smallest absolute Gasteiger partial charge is 0.379 e. The van der Waals surface area contributed by atoms with Gasteiger partial charge in [-0.15, -0.1) is 0 Å². The number of morpholine rings is 1. The van der Waals surface area contributed by atoms with Gasteiger partial charge in [-0.25, -0.2) is 19.9 Å². The number of nitrogens with zero attached hydrogens (tertiary/aromatic N) is 7. The standard InChI is InChI=1S/C33H33F3N10O4/c1-32(2,3)31-44-30(50-45-31)29(48)40-18-20-7-6-19(17-22(20)33(34,35)36)21-8-9-38-26-24(21)42-28(43-26)25-27(39-11-10-37-25)41-23(47)5-4-12-46-13-15-49-16-14-46/h4-11,17H,12-16,18H2,1-3H3,(H,40,48)(H,38,42,43)(H,39,41,47)/b5-4+. The normalized spacial score (nSPS) is 14.4. The van der Waals surface area contributed by atoms with Crippen LogP contribution in [0.15, 0.2) is 59.5 Å². The summed E-state index contributed by atoms with van der Waals surface area (Å²) in [5.74, 6) is -0.937. The Morgan fingerprint density at radius 2 is 1.80 bits per heavy atom. The maximum absolute atomic E-state index is 14.3. The van der Waals surface area contributed by atoms with Crippen molar-refractivity contribution in [3.05, 3.63) is 77.9 Å². The molecule has 1 saturated heterocycles. The Kier molecular flexibility index (Phi) is 9.70. The van der Waals surface area contributed by atoms with Crippen molar-refractivity contribution in [3.8, 4) is 22.6 Å². The van der Waals surface area contributed by atoms with Crippen LogP contribution >= 0.6 is 0 Å². The molecule has 1 fully saturated rings. The second-order valence-corrected chi connectivity index (χ2v) is 12.4. The first-order valence-corrected chi connectivity index (χ1v) is 15.6. The summed E-state index contributed by atoms with van der Waals surface area (Å²) < 4.78 is 53.4. The van der Waals surface area contributed by atoms with Crippen LogP contribution in [0.3, 0.4) is 0 Å². The number of halogens is 3. The molecule has 6 rings (SSSR count). The maximum Gasteiger partial charge on any atom is 0.416 e. The lowest BCUT2D eigenvalue weighted by molar-refractivity contribution is -0.138. The minimum atomic E-state index is -4.74. The molecule has 2 amide bonds. The van der Waals surface area contributed by atoms with Gasteiger partial charge in [-0.3, -0.25) is 14.5 Å². The number of benzene rings is 1. The van der Waals surface area contributed by atoms with Crippen molar-refractivity contribution >= 4 is 28.8 Å². The molecule has 0 unspecified atom stereocenters. The van der Waals surface area contributed by atoms with Crippen molar-refractivity contribution in [2.45, 2.75) is 38.9 Å². The van der Waals surface area contributed by atoms with Gasteiger partial charge in [0, 0.05) is 61.8 Å². The van der Waals surface area contributed by atoms with Gasteiger partial charge in [-0.2, -0.15) is 18.2 Å². The third kappa shape index (κ3) is 7.84. The molecule has 0 saturated carbocycles. The van der Waals surface area contributed by atoms with Crippen molar-refractivity contribution in [1.82, 2.24) is 45.3 Å². The Balaban J connectivity index is 1.23. The molecule has 5 aromatic rings.